The summed E-state index contributed by atoms with van der Waals surface area (Å²) in [7, 11) is 0. The Morgan fingerprint density at radius 3 is 2.60 bits per heavy atom. The number of nitrogens with zero attached hydrogens (tertiary/aromatic N) is 7. The number of fused-ring (bicyclic) bond motifs is 1. The Bertz CT molecular complexity index is 1330. The molecule has 0 saturated carbocycles. The van der Waals surface area contributed by atoms with E-state index >= 15 is 0 Å². The highest BCUT2D eigenvalue weighted by molar-refractivity contribution is 7.14. The summed E-state index contributed by atoms with van der Waals surface area (Å²) in [5.41, 5.74) is 5.53. The van der Waals surface area contributed by atoms with E-state index in [0.29, 0.717) is 0 Å². The highest BCUT2D eigenvalue weighted by Gasteiger charge is 2.21. The molecule has 1 aromatic carbocycles. The molecule has 5 rings (SSSR count). The van der Waals surface area contributed by atoms with E-state index in [4.69, 9.17) is 10.1 Å². The van der Waals surface area contributed by atoms with Crippen molar-refractivity contribution < 1.29 is 0 Å². The Balaban J connectivity index is 1.84. The van der Waals surface area contributed by atoms with Gasteiger partial charge in [0, 0.05) is 18.3 Å². The van der Waals surface area contributed by atoms with Crippen LogP contribution in [0, 0.1) is 6.92 Å². The van der Waals surface area contributed by atoms with Gasteiger partial charge in [0.2, 0.25) is 0 Å². The van der Waals surface area contributed by atoms with Crippen LogP contribution in [0.5, 0.6) is 0 Å². The summed E-state index contributed by atoms with van der Waals surface area (Å²) in [6.45, 7) is 6.96. The maximum absolute atomic E-state index is 5.03. The molecule has 7 nitrogen and oxygen atoms in total. The molecule has 0 N–H and O–H groups in total. The molecule has 30 heavy (non-hydrogen) atoms. The van der Waals surface area contributed by atoms with Crippen LogP contribution in [0.1, 0.15) is 24.5 Å². The zero-order chi connectivity index (χ0) is 20.7. The van der Waals surface area contributed by atoms with Gasteiger partial charge in [-0.1, -0.05) is 36.5 Å². The second-order valence-corrected chi connectivity index (χ2v) is 8.04. The summed E-state index contributed by atoms with van der Waals surface area (Å²) in [5, 5.41) is 21.0. The van der Waals surface area contributed by atoms with Gasteiger partial charge in [0.15, 0.2) is 5.65 Å². The first-order chi connectivity index (χ1) is 14.7. The minimum atomic E-state index is 0.771. The third-order valence-electron chi connectivity index (χ3n) is 5.09. The molecule has 150 valence electrons. The lowest BCUT2D eigenvalue weighted by atomic mass is 10.1. The van der Waals surface area contributed by atoms with E-state index in [1.165, 1.54) is 0 Å². The van der Waals surface area contributed by atoms with Gasteiger partial charge in [-0.05, 0) is 44.5 Å². The fourth-order valence-corrected chi connectivity index (χ4v) is 4.45. The Kier molecular flexibility index (Phi) is 4.63. The van der Waals surface area contributed by atoms with Gasteiger partial charge >= 0.3 is 0 Å². The van der Waals surface area contributed by atoms with Gasteiger partial charge in [-0.2, -0.15) is 10.2 Å². The SMILES string of the molecule is CCc1nnc(-c2cc(-c3ccnn3CC)nc3c2c(C)nn3-c2ccccc2)s1. The van der Waals surface area contributed by atoms with Gasteiger partial charge in [-0.3, -0.25) is 4.68 Å². The number of benzene rings is 1. The highest BCUT2D eigenvalue weighted by Crippen LogP contribution is 2.36. The van der Waals surface area contributed by atoms with Crippen LogP contribution in [-0.2, 0) is 13.0 Å². The van der Waals surface area contributed by atoms with Crippen molar-refractivity contribution in [3.05, 3.63) is 59.4 Å². The molecule has 0 radical (unpaired) electrons. The van der Waals surface area contributed by atoms with E-state index in [1.807, 2.05) is 58.9 Å². The Morgan fingerprint density at radius 1 is 1.03 bits per heavy atom. The Labute approximate surface area is 178 Å². The Hall–Kier alpha value is -3.39. The fraction of sp³-hybridized carbons (Fsp3) is 0.227. The molecule has 0 aliphatic heterocycles. The van der Waals surface area contributed by atoms with Crippen molar-refractivity contribution in [3.8, 4) is 27.6 Å². The van der Waals surface area contributed by atoms with E-state index in [0.717, 1.165) is 62.3 Å². The molecule has 4 aromatic heterocycles. The minimum Gasteiger partial charge on any atom is -0.264 e. The maximum atomic E-state index is 5.03. The summed E-state index contributed by atoms with van der Waals surface area (Å²) in [5.74, 6) is 0. The van der Waals surface area contributed by atoms with Gasteiger partial charge in [0.05, 0.1) is 28.2 Å². The van der Waals surface area contributed by atoms with E-state index in [-0.39, 0.29) is 0 Å². The average molecular weight is 416 g/mol. The molecule has 0 unspecified atom stereocenters. The first-order valence-electron chi connectivity index (χ1n) is 10.00. The number of aromatic nitrogens is 7. The summed E-state index contributed by atoms with van der Waals surface area (Å²) in [6.07, 6.45) is 2.67. The van der Waals surface area contributed by atoms with Crippen LogP contribution in [-0.4, -0.2) is 34.7 Å². The van der Waals surface area contributed by atoms with Crippen LogP contribution in [0.4, 0.5) is 0 Å². The summed E-state index contributed by atoms with van der Waals surface area (Å²) in [4.78, 5) is 5.03. The van der Waals surface area contributed by atoms with Crippen LogP contribution in [0.3, 0.4) is 0 Å². The zero-order valence-electron chi connectivity index (χ0n) is 17.1. The number of hydrogen-bond donors (Lipinski definition) is 0. The molecular weight excluding hydrogens is 394 g/mol. The number of rotatable bonds is 5. The lowest BCUT2D eigenvalue weighted by Crippen LogP contribution is -2.02. The number of aryl methyl sites for hydroxylation is 3. The largest absolute Gasteiger partial charge is 0.264 e. The van der Waals surface area contributed by atoms with Gasteiger partial charge in [-0.25, -0.2) is 9.67 Å². The monoisotopic (exact) mass is 415 g/mol. The van der Waals surface area contributed by atoms with Crippen molar-refractivity contribution in [3.63, 3.8) is 0 Å². The standard InChI is InChI=1S/C22H21N7S/c1-4-19-25-26-22(30-19)16-13-17(18-11-12-23-28(18)5-2)24-21-20(16)14(3)27-29(21)15-9-7-6-8-10-15/h6-13H,4-5H2,1-3H3. The van der Waals surface area contributed by atoms with Crippen LogP contribution in [0.15, 0.2) is 48.7 Å². The second kappa shape index (κ2) is 7.46. The second-order valence-electron chi connectivity index (χ2n) is 6.97. The fourth-order valence-electron chi connectivity index (χ4n) is 3.65. The van der Waals surface area contributed by atoms with Crippen molar-refractivity contribution >= 4 is 22.4 Å². The molecule has 0 amide bonds. The molecule has 4 heterocycles. The van der Waals surface area contributed by atoms with E-state index < -0.39 is 0 Å². The number of hydrogen-bond acceptors (Lipinski definition) is 6. The minimum absolute atomic E-state index is 0.771. The third-order valence-corrected chi connectivity index (χ3v) is 6.19. The molecule has 0 aliphatic carbocycles. The summed E-state index contributed by atoms with van der Waals surface area (Å²) >= 11 is 1.62. The molecule has 0 aliphatic rings. The predicted molar refractivity (Wildman–Crippen MR) is 119 cm³/mol. The van der Waals surface area contributed by atoms with Crippen molar-refractivity contribution in [1.29, 1.82) is 0 Å². The van der Waals surface area contributed by atoms with Gasteiger partial charge < -0.3 is 0 Å². The van der Waals surface area contributed by atoms with Gasteiger partial charge in [0.25, 0.3) is 0 Å². The van der Waals surface area contributed by atoms with E-state index in [9.17, 15) is 0 Å². The zero-order valence-corrected chi connectivity index (χ0v) is 17.9. The number of para-hydroxylation sites is 1. The lowest BCUT2D eigenvalue weighted by molar-refractivity contribution is 0.666. The summed E-state index contributed by atoms with van der Waals surface area (Å²) < 4.78 is 3.86. The van der Waals surface area contributed by atoms with Gasteiger partial charge in [-0.15, -0.1) is 10.2 Å². The molecule has 5 aromatic rings. The average Bonchev–Trinajstić information content (AvgIpc) is 3.52. The van der Waals surface area contributed by atoms with Crippen LogP contribution < -0.4 is 0 Å². The summed E-state index contributed by atoms with van der Waals surface area (Å²) in [6, 6.07) is 14.2. The first-order valence-corrected chi connectivity index (χ1v) is 10.8. The van der Waals surface area contributed by atoms with Crippen LogP contribution >= 0.6 is 11.3 Å². The topological polar surface area (TPSA) is 74.3 Å². The van der Waals surface area contributed by atoms with Crippen molar-refractivity contribution in [2.75, 3.05) is 0 Å². The van der Waals surface area contributed by atoms with Crippen LogP contribution in [0.2, 0.25) is 0 Å². The molecule has 0 saturated heterocycles. The molecule has 0 spiro atoms. The number of pyridine rings is 1. The lowest BCUT2D eigenvalue weighted by Gasteiger charge is -2.09. The normalized spacial score (nSPS) is 11.4. The van der Waals surface area contributed by atoms with E-state index in [1.54, 1.807) is 11.3 Å². The van der Waals surface area contributed by atoms with Gasteiger partial charge in [0.1, 0.15) is 10.0 Å². The molecule has 0 fully saturated rings. The maximum Gasteiger partial charge on any atom is 0.164 e. The molecular formula is C22H21N7S. The molecule has 0 bridgehead atoms. The first kappa shape index (κ1) is 18.6. The third kappa shape index (κ3) is 3.00. The molecule has 8 heteroatoms. The van der Waals surface area contributed by atoms with Crippen molar-refractivity contribution in [2.24, 2.45) is 0 Å². The highest BCUT2D eigenvalue weighted by atomic mass is 32.1. The van der Waals surface area contributed by atoms with Crippen LogP contribution in [0.25, 0.3) is 38.7 Å². The van der Waals surface area contributed by atoms with Crippen molar-refractivity contribution in [2.45, 2.75) is 33.7 Å². The Morgan fingerprint density at radius 2 is 1.87 bits per heavy atom. The van der Waals surface area contributed by atoms with Crippen molar-refractivity contribution in [1.82, 2.24) is 34.7 Å². The van der Waals surface area contributed by atoms with E-state index in [2.05, 4.69) is 35.2 Å². The predicted octanol–water partition coefficient (Wildman–Crippen LogP) is 4.69. The molecule has 0 atom stereocenters. The smallest absolute Gasteiger partial charge is 0.164 e. The quantitative estimate of drug-likeness (QED) is 0.416.